The highest BCUT2D eigenvalue weighted by molar-refractivity contribution is 7.89. The maximum absolute atomic E-state index is 12.7. The molecule has 7 heteroatoms. The summed E-state index contributed by atoms with van der Waals surface area (Å²) in [5.41, 5.74) is 1.00. The minimum absolute atomic E-state index is 0.0102. The van der Waals surface area contributed by atoms with Gasteiger partial charge in [0.1, 0.15) is 0 Å². The largest absolute Gasteiger partial charge is 0.271 e. The van der Waals surface area contributed by atoms with Crippen LogP contribution in [0.2, 0.25) is 0 Å². The monoisotopic (exact) mass is 324 g/mol. The van der Waals surface area contributed by atoms with Crippen molar-refractivity contribution in [2.24, 2.45) is 11.8 Å². The van der Waals surface area contributed by atoms with Gasteiger partial charge in [-0.15, -0.1) is 0 Å². The van der Waals surface area contributed by atoms with E-state index in [-0.39, 0.29) is 16.6 Å². The highest BCUT2D eigenvalue weighted by Crippen LogP contribution is 2.45. The van der Waals surface area contributed by atoms with E-state index < -0.39 is 14.9 Å². The van der Waals surface area contributed by atoms with Gasteiger partial charge in [-0.3, -0.25) is 10.1 Å². The molecule has 0 bridgehead atoms. The predicted molar refractivity (Wildman–Crippen MR) is 82.1 cm³/mol. The molecular weight excluding hydrogens is 304 g/mol. The van der Waals surface area contributed by atoms with Crippen molar-refractivity contribution >= 4 is 15.7 Å². The van der Waals surface area contributed by atoms with E-state index in [4.69, 9.17) is 0 Å². The van der Waals surface area contributed by atoms with E-state index in [0.717, 1.165) is 25.7 Å². The fourth-order valence-electron chi connectivity index (χ4n) is 2.92. The molecule has 0 atom stereocenters. The smallest absolute Gasteiger partial charge is 0.258 e. The molecule has 0 aromatic heterocycles. The number of aryl methyl sites for hydroxylation is 1. The summed E-state index contributed by atoms with van der Waals surface area (Å²) in [4.78, 5) is 10.5. The molecule has 0 unspecified atom stereocenters. The Morgan fingerprint density at radius 2 is 1.73 bits per heavy atom. The quantitative estimate of drug-likeness (QED) is 0.643. The highest BCUT2D eigenvalue weighted by Gasteiger charge is 2.43. The topological polar surface area (TPSA) is 89.3 Å². The molecule has 0 saturated heterocycles. The van der Waals surface area contributed by atoms with Crippen molar-refractivity contribution in [3.8, 4) is 0 Å². The zero-order valence-corrected chi connectivity index (χ0v) is 13.5. The third-order valence-electron chi connectivity index (χ3n) is 4.66. The van der Waals surface area contributed by atoms with Crippen molar-refractivity contribution in [1.82, 2.24) is 4.72 Å². The molecule has 0 radical (unpaired) electrons. The van der Waals surface area contributed by atoms with Crippen LogP contribution in [0.1, 0.15) is 36.8 Å². The van der Waals surface area contributed by atoms with Crippen LogP contribution < -0.4 is 4.72 Å². The lowest BCUT2D eigenvalue weighted by molar-refractivity contribution is -0.385. The first-order chi connectivity index (χ1) is 10.3. The lowest BCUT2D eigenvalue weighted by atomic mass is 10.1. The summed E-state index contributed by atoms with van der Waals surface area (Å²) in [5.74, 6) is 0.866. The number of hydrogen-bond donors (Lipinski definition) is 1. The van der Waals surface area contributed by atoms with Gasteiger partial charge in [-0.05, 0) is 62.5 Å². The van der Waals surface area contributed by atoms with Crippen LogP contribution >= 0.6 is 0 Å². The zero-order valence-electron chi connectivity index (χ0n) is 12.7. The summed E-state index contributed by atoms with van der Waals surface area (Å²) in [6.07, 6.45) is 4.26. The van der Waals surface area contributed by atoms with Crippen molar-refractivity contribution in [1.29, 1.82) is 0 Å². The third-order valence-corrected chi connectivity index (χ3v) is 6.24. The Labute approximate surface area is 130 Å². The SMILES string of the molecule is Cc1cc([N+](=O)[O-])cc(S(=O)(=O)NC(C2CC2)C2CC2)c1C. The Bertz CT molecular complexity index is 709. The van der Waals surface area contributed by atoms with Gasteiger partial charge < -0.3 is 0 Å². The number of non-ortho nitro benzene ring substituents is 1. The minimum atomic E-state index is -3.73. The highest BCUT2D eigenvalue weighted by atomic mass is 32.2. The van der Waals surface area contributed by atoms with Crippen LogP contribution in [0.5, 0.6) is 0 Å². The zero-order chi connectivity index (χ0) is 16.1. The lowest BCUT2D eigenvalue weighted by Crippen LogP contribution is -2.38. The first kappa shape index (κ1) is 15.4. The molecule has 1 aromatic carbocycles. The number of rotatable bonds is 6. The molecule has 0 heterocycles. The van der Waals surface area contributed by atoms with Crippen LogP contribution in [0.4, 0.5) is 5.69 Å². The molecule has 2 aliphatic rings. The van der Waals surface area contributed by atoms with Gasteiger partial charge in [-0.25, -0.2) is 13.1 Å². The van der Waals surface area contributed by atoms with Crippen molar-refractivity contribution in [2.75, 3.05) is 0 Å². The van der Waals surface area contributed by atoms with Gasteiger partial charge in [0.15, 0.2) is 0 Å². The number of sulfonamides is 1. The Hall–Kier alpha value is -1.47. The number of nitrogens with one attached hydrogen (secondary N) is 1. The summed E-state index contributed by atoms with van der Waals surface area (Å²) >= 11 is 0. The molecule has 120 valence electrons. The minimum Gasteiger partial charge on any atom is -0.258 e. The second kappa shape index (κ2) is 5.31. The molecule has 0 aliphatic heterocycles. The van der Waals surface area contributed by atoms with Gasteiger partial charge in [0, 0.05) is 18.2 Å². The molecule has 0 amide bonds. The van der Waals surface area contributed by atoms with Gasteiger partial charge in [0.25, 0.3) is 5.69 Å². The average molecular weight is 324 g/mol. The van der Waals surface area contributed by atoms with E-state index in [0.29, 0.717) is 23.0 Å². The van der Waals surface area contributed by atoms with E-state index in [1.54, 1.807) is 13.8 Å². The maximum atomic E-state index is 12.7. The predicted octanol–water partition coefficient (Wildman–Crippen LogP) is 2.68. The maximum Gasteiger partial charge on any atom is 0.271 e. The van der Waals surface area contributed by atoms with Crippen molar-refractivity contribution in [3.63, 3.8) is 0 Å². The van der Waals surface area contributed by atoms with Crippen LogP contribution in [-0.4, -0.2) is 19.4 Å². The van der Waals surface area contributed by atoms with E-state index >= 15 is 0 Å². The lowest BCUT2D eigenvalue weighted by Gasteiger charge is -2.19. The molecule has 2 saturated carbocycles. The third kappa shape index (κ3) is 3.01. The van der Waals surface area contributed by atoms with E-state index in [2.05, 4.69) is 4.72 Å². The van der Waals surface area contributed by atoms with E-state index in [1.807, 2.05) is 0 Å². The first-order valence-corrected chi connectivity index (χ1v) is 9.06. The number of hydrogen-bond acceptors (Lipinski definition) is 4. The van der Waals surface area contributed by atoms with Crippen LogP contribution in [0.15, 0.2) is 17.0 Å². The van der Waals surface area contributed by atoms with Gasteiger partial charge in [-0.1, -0.05) is 0 Å². The van der Waals surface area contributed by atoms with Crippen molar-refractivity contribution < 1.29 is 13.3 Å². The second-order valence-corrected chi connectivity index (χ2v) is 8.15. The second-order valence-electron chi connectivity index (χ2n) is 6.46. The number of nitrogens with zero attached hydrogens (tertiary/aromatic N) is 1. The molecule has 0 spiro atoms. The molecule has 1 aromatic rings. The van der Waals surface area contributed by atoms with Gasteiger partial charge in [0.2, 0.25) is 10.0 Å². The van der Waals surface area contributed by atoms with Crippen LogP contribution in [0, 0.1) is 35.8 Å². The summed E-state index contributed by atoms with van der Waals surface area (Å²) < 4.78 is 28.3. The average Bonchev–Trinajstić information content (AvgIpc) is 3.31. The number of nitro groups is 1. The molecule has 6 nitrogen and oxygen atoms in total. The number of benzene rings is 1. The molecule has 22 heavy (non-hydrogen) atoms. The van der Waals surface area contributed by atoms with Crippen molar-refractivity contribution in [3.05, 3.63) is 33.4 Å². The normalized spacial score (nSPS) is 18.7. The van der Waals surface area contributed by atoms with Crippen LogP contribution in [0.25, 0.3) is 0 Å². The molecule has 2 aliphatic carbocycles. The summed E-state index contributed by atoms with van der Waals surface area (Å²) in [6, 6.07) is 2.57. The summed E-state index contributed by atoms with van der Waals surface area (Å²) in [5, 5.41) is 11.0. The molecule has 3 rings (SSSR count). The summed E-state index contributed by atoms with van der Waals surface area (Å²) in [7, 11) is -3.73. The number of nitro benzene ring substituents is 1. The molecule has 2 fully saturated rings. The fraction of sp³-hybridized carbons (Fsp3) is 0.600. The standard InChI is InChI=1S/C15H20N2O4S/c1-9-7-13(17(18)19)8-14(10(9)2)22(20,21)16-15(11-3-4-11)12-5-6-12/h7-8,11-12,15-16H,3-6H2,1-2H3. The Balaban J connectivity index is 1.95. The fourth-order valence-corrected chi connectivity index (χ4v) is 4.63. The van der Waals surface area contributed by atoms with Crippen molar-refractivity contribution in [2.45, 2.75) is 50.5 Å². The van der Waals surface area contributed by atoms with Gasteiger partial charge in [-0.2, -0.15) is 0 Å². The van der Waals surface area contributed by atoms with E-state index in [1.165, 1.54) is 12.1 Å². The van der Waals surface area contributed by atoms with Gasteiger partial charge >= 0.3 is 0 Å². The molecular formula is C15H20N2O4S. The van der Waals surface area contributed by atoms with E-state index in [9.17, 15) is 18.5 Å². The first-order valence-electron chi connectivity index (χ1n) is 7.57. The molecule has 1 N–H and O–H groups in total. The van der Waals surface area contributed by atoms with Gasteiger partial charge in [0.05, 0.1) is 9.82 Å². The summed E-state index contributed by atoms with van der Waals surface area (Å²) in [6.45, 7) is 3.39. The Morgan fingerprint density at radius 3 is 2.18 bits per heavy atom. The Kier molecular flexibility index (Phi) is 3.72. The van der Waals surface area contributed by atoms with Crippen LogP contribution in [-0.2, 0) is 10.0 Å². The Morgan fingerprint density at radius 1 is 1.18 bits per heavy atom. The van der Waals surface area contributed by atoms with Crippen LogP contribution in [0.3, 0.4) is 0 Å².